The fourth-order valence-corrected chi connectivity index (χ4v) is 2.42. The average Bonchev–Trinajstić information content (AvgIpc) is 2.94. The molecule has 0 fully saturated rings. The summed E-state index contributed by atoms with van der Waals surface area (Å²) in [4.78, 5) is 0. The standard InChI is InChI=1S/C16H15NO2/c1-18-15-7-6-12(11-4-2-3-5-13(11)15)14-8-9-19-16(14)10-17/h2-9H,10,17H2,1H3. The lowest BCUT2D eigenvalue weighted by Crippen LogP contribution is -1.96. The molecular formula is C16H15NO2. The van der Waals surface area contributed by atoms with Crippen LogP contribution in [0.3, 0.4) is 0 Å². The van der Waals surface area contributed by atoms with Crippen molar-refractivity contribution in [3.8, 4) is 16.9 Å². The van der Waals surface area contributed by atoms with Gasteiger partial charge in [0.15, 0.2) is 0 Å². The van der Waals surface area contributed by atoms with E-state index in [2.05, 4.69) is 12.1 Å². The smallest absolute Gasteiger partial charge is 0.126 e. The monoisotopic (exact) mass is 253 g/mol. The third kappa shape index (κ3) is 1.88. The minimum atomic E-state index is 0.392. The van der Waals surface area contributed by atoms with E-state index in [0.717, 1.165) is 33.4 Å². The number of rotatable bonds is 3. The van der Waals surface area contributed by atoms with Crippen LogP contribution in [0, 0.1) is 0 Å². The van der Waals surface area contributed by atoms with Crippen LogP contribution in [0.25, 0.3) is 21.9 Å². The van der Waals surface area contributed by atoms with Crippen molar-refractivity contribution in [1.82, 2.24) is 0 Å². The zero-order chi connectivity index (χ0) is 13.2. The Morgan fingerprint density at radius 3 is 2.53 bits per heavy atom. The molecule has 1 aromatic heterocycles. The predicted molar refractivity (Wildman–Crippen MR) is 76.1 cm³/mol. The van der Waals surface area contributed by atoms with E-state index in [9.17, 15) is 0 Å². The summed E-state index contributed by atoms with van der Waals surface area (Å²) in [5, 5.41) is 2.23. The van der Waals surface area contributed by atoms with Crippen LogP contribution in [0.1, 0.15) is 5.76 Å². The van der Waals surface area contributed by atoms with Crippen LogP contribution in [0.2, 0.25) is 0 Å². The fraction of sp³-hybridized carbons (Fsp3) is 0.125. The summed E-state index contributed by atoms with van der Waals surface area (Å²) < 4.78 is 10.8. The molecule has 0 bridgehead atoms. The molecule has 2 N–H and O–H groups in total. The number of hydrogen-bond acceptors (Lipinski definition) is 3. The Hall–Kier alpha value is -2.26. The highest BCUT2D eigenvalue weighted by atomic mass is 16.5. The van der Waals surface area contributed by atoms with E-state index in [1.54, 1.807) is 13.4 Å². The number of hydrogen-bond donors (Lipinski definition) is 1. The topological polar surface area (TPSA) is 48.4 Å². The number of benzene rings is 2. The Morgan fingerprint density at radius 2 is 1.79 bits per heavy atom. The predicted octanol–water partition coefficient (Wildman–Crippen LogP) is 3.57. The summed E-state index contributed by atoms with van der Waals surface area (Å²) >= 11 is 0. The van der Waals surface area contributed by atoms with Crippen LogP contribution in [-0.4, -0.2) is 7.11 Å². The molecule has 2 aromatic carbocycles. The molecule has 1 heterocycles. The van der Waals surface area contributed by atoms with Gasteiger partial charge in [0.2, 0.25) is 0 Å². The molecule has 3 rings (SSSR count). The van der Waals surface area contributed by atoms with Crippen LogP contribution in [0.5, 0.6) is 5.75 Å². The zero-order valence-corrected chi connectivity index (χ0v) is 10.7. The Kier molecular flexibility index (Phi) is 2.97. The van der Waals surface area contributed by atoms with E-state index in [1.165, 1.54) is 0 Å². The molecule has 0 saturated heterocycles. The van der Waals surface area contributed by atoms with Gasteiger partial charge in [0.05, 0.1) is 19.9 Å². The number of furan rings is 1. The first kappa shape index (κ1) is 11.8. The molecule has 0 radical (unpaired) electrons. The van der Waals surface area contributed by atoms with Crippen LogP contribution in [0.15, 0.2) is 53.1 Å². The summed E-state index contributed by atoms with van der Waals surface area (Å²) in [7, 11) is 1.69. The van der Waals surface area contributed by atoms with Crippen molar-refractivity contribution < 1.29 is 9.15 Å². The first-order valence-corrected chi connectivity index (χ1v) is 6.17. The van der Waals surface area contributed by atoms with Crippen LogP contribution in [-0.2, 0) is 6.54 Å². The van der Waals surface area contributed by atoms with E-state index < -0.39 is 0 Å². The van der Waals surface area contributed by atoms with Crippen molar-refractivity contribution in [3.63, 3.8) is 0 Å². The second-order valence-electron chi connectivity index (χ2n) is 4.32. The number of methoxy groups -OCH3 is 1. The highest BCUT2D eigenvalue weighted by Crippen LogP contribution is 2.36. The Morgan fingerprint density at radius 1 is 1.00 bits per heavy atom. The number of ether oxygens (including phenoxy) is 1. The van der Waals surface area contributed by atoms with Crippen LogP contribution < -0.4 is 10.5 Å². The maximum absolute atomic E-state index is 5.71. The van der Waals surface area contributed by atoms with Gasteiger partial charge in [-0.1, -0.05) is 24.3 Å². The van der Waals surface area contributed by atoms with Crippen LogP contribution in [0.4, 0.5) is 0 Å². The zero-order valence-electron chi connectivity index (χ0n) is 10.7. The van der Waals surface area contributed by atoms with Gasteiger partial charge in [-0.15, -0.1) is 0 Å². The summed E-state index contributed by atoms with van der Waals surface area (Å²) in [5.41, 5.74) is 7.87. The third-order valence-electron chi connectivity index (χ3n) is 3.32. The Labute approximate surface area is 111 Å². The SMILES string of the molecule is COc1ccc(-c2ccoc2CN)c2ccccc12. The minimum Gasteiger partial charge on any atom is -0.496 e. The lowest BCUT2D eigenvalue weighted by molar-refractivity contribution is 0.420. The second kappa shape index (κ2) is 4.78. The summed E-state index contributed by atoms with van der Waals surface area (Å²) in [6, 6.07) is 14.1. The normalized spacial score (nSPS) is 10.8. The van der Waals surface area contributed by atoms with Gasteiger partial charge < -0.3 is 14.9 Å². The maximum atomic E-state index is 5.71. The summed E-state index contributed by atoms with van der Waals surface area (Å²) in [6.07, 6.45) is 1.68. The van der Waals surface area contributed by atoms with Crippen molar-refractivity contribution in [3.05, 3.63) is 54.5 Å². The van der Waals surface area contributed by atoms with Crippen molar-refractivity contribution in [2.45, 2.75) is 6.54 Å². The van der Waals surface area contributed by atoms with Gasteiger partial charge in [0, 0.05) is 10.9 Å². The fourth-order valence-electron chi connectivity index (χ4n) is 2.42. The molecule has 0 spiro atoms. The van der Waals surface area contributed by atoms with Gasteiger partial charge in [-0.05, 0) is 29.1 Å². The van der Waals surface area contributed by atoms with Gasteiger partial charge in [0.25, 0.3) is 0 Å². The minimum absolute atomic E-state index is 0.392. The van der Waals surface area contributed by atoms with E-state index in [4.69, 9.17) is 14.9 Å². The van der Waals surface area contributed by atoms with Crippen molar-refractivity contribution in [1.29, 1.82) is 0 Å². The maximum Gasteiger partial charge on any atom is 0.126 e. The lowest BCUT2D eigenvalue weighted by Gasteiger charge is -2.10. The van der Waals surface area contributed by atoms with E-state index in [0.29, 0.717) is 6.54 Å². The number of fused-ring (bicyclic) bond motifs is 1. The van der Waals surface area contributed by atoms with Gasteiger partial charge in [-0.3, -0.25) is 0 Å². The first-order chi connectivity index (χ1) is 9.35. The molecule has 0 aliphatic carbocycles. The average molecular weight is 253 g/mol. The van der Waals surface area contributed by atoms with E-state index >= 15 is 0 Å². The second-order valence-corrected chi connectivity index (χ2v) is 4.32. The van der Waals surface area contributed by atoms with Crippen molar-refractivity contribution in [2.24, 2.45) is 5.73 Å². The molecule has 0 unspecified atom stereocenters. The molecule has 0 amide bonds. The summed E-state index contributed by atoms with van der Waals surface area (Å²) in [5.74, 6) is 1.67. The highest BCUT2D eigenvalue weighted by molar-refractivity contribution is 6.00. The van der Waals surface area contributed by atoms with Gasteiger partial charge in [-0.2, -0.15) is 0 Å². The molecule has 0 aliphatic rings. The summed E-state index contributed by atoms with van der Waals surface area (Å²) in [6.45, 7) is 0.392. The molecule has 0 aliphatic heterocycles. The lowest BCUT2D eigenvalue weighted by atomic mass is 9.98. The third-order valence-corrected chi connectivity index (χ3v) is 3.32. The molecule has 3 heteroatoms. The quantitative estimate of drug-likeness (QED) is 0.776. The van der Waals surface area contributed by atoms with Gasteiger partial charge in [-0.25, -0.2) is 0 Å². The highest BCUT2D eigenvalue weighted by Gasteiger charge is 2.12. The van der Waals surface area contributed by atoms with Crippen molar-refractivity contribution >= 4 is 10.8 Å². The molecule has 3 nitrogen and oxygen atoms in total. The Balaban J connectivity index is 2.31. The van der Waals surface area contributed by atoms with E-state index in [1.807, 2.05) is 30.3 Å². The van der Waals surface area contributed by atoms with Gasteiger partial charge in [0.1, 0.15) is 11.5 Å². The molecule has 0 atom stereocenters. The number of nitrogens with two attached hydrogens (primary N) is 1. The Bertz CT molecular complexity index is 716. The van der Waals surface area contributed by atoms with Crippen molar-refractivity contribution in [2.75, 3.05) is 7.11 Å². The molecule has 0 saturated carbocycles. The molecule has 19 heavy (non-hydrogen) atoms. The largest absolute Gasteiger partial charge is 0.496 e. The van der Waals surface area contributed by atoms with Crippen LogP contribution >= 0.6 is 0 Å². The van der Waals surface area contributed by atoms with Gasteiger partial charge >= 0.3 is 0 Å². The molecule has 96 valence electrons. The van der Waals surface area contributed by atoms with E-state index in [-0.39, 0.29) is 0 Å². The first-order valence-electron chi connectivity index (χ1n) is 6.17. The molecule has 3 aromatic rings. The molecular weight excluding hydrogens is 238 g/mol.